The van der Waals surface area contributed by atoms with Crippen LogP contribution in [-0.4, -0.2) is 23.4 Å². The molecule has 1 aromatic carbocycles. The molecule has 2 aliphatic rings. The van der Waals surface area contributed by atoms with Gasteiger partial charge >= 0.3 is 6.18 Å². The summed E-state index contributed by atoms with van der Waals surface area (Å²) in [6, 6.07) is 5.85. The number of likely N-dealkylation sites (tertiary alicyclic amines) is 1. The predicted molar refractivity (Wildman–Crippen MR) is 77.3 cm³/mol. The molecular weight excluding hydrogens is 291 g/mol. The molecule has 1 heterocycles. The third-order valence-corrected chi connectivity index (χ3v) is 4.86. The van der Waals surface area contributed by atoms with Gasteiger partial charge in [0, 0.05) is 18.5 Å². The molecule has 1 aromatic rings. The first-order chi connectivity index (χ1) is 10.4. The highest BCUT2D eigenvalue weighted by molar-refractivity contribution is 5.83. The Morgan fingerprint density at radius 1 is 1.23 bits per heavy atom. The standard InChI is InChI=1S/C17H20F3NO/c1-11-6-4-5-9-21(11)16(22)14-10-13(14)12-7-2-3-8-15(12)17(18,19)20/h2-3,7-8,11,13-14H,4-6,9-10H2,1H3. The number of amides is 1. The third kappa shape index (κ3) is 2.85. The maximum Gasteiger partial charge on any atom is 0.416 e. The highest BCUT2D eigenvalue weighted by Gasteiger charge is 2.49. The smallest absolute Gasteiger partial charge is 0.340 e. The molecule has 1 amide bonds. The third-order valence-electron chi connectivity index (χ3n) is 4.86. The first kappa shape index (κ1) is 15.4. The number of rotatable bonds is 2. The van der Waals surface area contributed by atoms with E-state index in [4.69, 9.17) is 0 Å². The molecule has 0 aromatic heterocycles. The Bertz CT molecular complexity index is 569. The highest BCUT2D eigenvalue weighted by atomic mass is 19.4. The van der Waals surface area contributed by atoms with E-state index in [-0.39, 0.29) is 29.3 Å². The average Bonchev–Trinajstić information content (AvgIpc) is 3.26. The quantitative estimate of drug-likeness (QED) is 0.801. The van der Waals surface area contributed by atoms with E-state index in [1.54, 1.807) is 6.07 Å². The van der Waals surface area contributed by atoms with Gasteiger partial charge in [-0.15, -0.1) is 0 Å². The minimum Gasteiger partial charge on any atom is -0.340 e. The van der Waals surface area contributed by atoms with E-state index in [1.165, 1.54) is 12.1 Å². The van der Waals surface area contributed by atoms with Gasteiger partial charge in [-0.3, -0.25) is 4.79 Å². The maximum absolute atomic E-state index is 13.1. The summed E-state index contributed by atoms with van der Waals surface area (Å²) in [5.41, 5.74) is -0.319. The molecule has 22 heavy (non-hydrogen) atoms. The molecule has 1 aliphatic heterocycles. The lowest BCUT2D eigenvalue weighted by molar-refractivity contribution is -0.139. The van der Waals surface area contributed by atoms with Crippen molar-refractivity contribution in [2.45, 2.75) is 50.7 Å². The van der Waals surface area contributed by atoms with Crippen LogP contribution in [0.2, 0.25) is 0 Å². The average molecular weight is 311 g/mol. The molecule has 3 rings (SSSR count). The van der Waals surface area contributed by atoms with Crippen molar-refractivity contribution >= 4 is 5.91 Å². The second-order valence-electron chi connectivity index (χ2n) is 6.41. The van der Waals surface area contributed by atoms with Crippen LogP contribution in [0.4, 0.5) is 13.2 Å². The van der Waals surface area contributed by atoms with E-state index in [0.29, 0.717) is 6.42 Å². The van der Waals surface area contributed by atoms with Crippen LogP contribution in [-0.2, 0) is 11.0 Å². The molecule has 120 valence electrons. The van der Waals surface area contributed by atoms with Gasteiger partial charge in [-0.05, 0) is 50.2 Å². The number of hydrogen-bond donors (Lipinski definition) is 0. The van der Waals surface area contributed by atoms with Crippen molar-refractivity contribution < 1.29 is 18.0 Å². The molecule has 3 atom stereocenters. The summed E-state index contributed by atoms with van der Waals surface area (Å²) in [5.74, 6) is -0.516. The Balaban J connectivity index is 1.76. The van der Waals surface area contributed by atoms with E-state index in [2.05, 4.69) is 0 Å². The molecular formula is C17H20F3NO. The van der Waals surface area contributed by atoms with Crippen molar-refractivity contribution in [1.29, 1.82) is 0 Å². The second-order valence-corrected chi connectivity index (χ2v) is 6.41. The summed E-state index contributed by atoms with van der Waals surface area (Å²) in [6.07, 6.45) is -0.717. The van der Waals surface area contributed by atoms with Crippen LogP contribution in [0.3, 0.4) is 0 Å². The number of carbonyl (C=O) groups excluding carboxylic acids is 1. The van der Waals surface area contributed by atoms with Crippen LogP contribution in [0.25, 0.3) is 0 Å². The van der Waals surface area contributed by atoms with Crippen molar-refractivity contribution in [3.05, 3.63) is 35.4 Å². The Labute approximate surface area is 128 Å². The van der Waals surface area contributed by atoms with Crippen LogP contribution in [0.5, 0.6) is 0 Å². The van der Waals surface area contributed by atoms with Gasteiger partial charge in [0.1, 0.15) is 0 Å². The topological polar surface area (TPSA) is 20.3 Å². The summed E-state index contributed by atoms with van der Waals surface area (Å²) in [7, 11) is 0. The Morgan fingerprint density at radius 2 is 1.95 bits per heavy atom. The maximum atomic E-state index is 13.1. The Kier molecular flexibility index (Phi) is 3.91. The van der Waals surface area contributed by atoms with Crippen LogP contribution in [0.15, 0.2) is 24.3 Å². The van der Waals surface area contributed by atoms with Crippen LogP contribution in [0.1, 0.15) is 49.7 Å². The van der Waals surface area contributed by atoms with Crippen LogP contribution < -0.4 is 0 Å². The monoisotopic (exact) mass is 311 g/mol. The van der Waals surface area contributed by atoms with Gasteiger partial charge in [0.15, 0.2) is 0 Å². The summed E-state index contributed by atoms with van der Waals surface area (Å²) in [4.78, 5) is 14.4. The van der Waals surface area contributed by atoms with E-state index in [9.17, 15) is 18.0 Å². The predicted octanol–water partition coefficient (Wildman–Crippen LogP) is 4.21. The fourth-order valence-corrected chi connectivity index (χ4v) is 3.53. The van der Waals surface area contributed by atoms with Crippen molar-refractivity contribution in [2.75, 3.05) is 6.54 Å². The molecule has 0 N–H and O–H groups in total. The highest BCUT2D eigenvalue weighted by Crippen LogP contribution is 2.52. The SMILES string of the molecule is CC1CCCCN1C(=O)C1CC1c1ccccc1C(F)(F)F. The van der Waals surface area contributed by atoms with Gasteiger partial charge in [-0.25, -0.2) is 0 Å². The molecule has 0 spiro atoms. The number of halogens is 3. The molecule has 1 aliphatic carbocycles. The summed E-state index contributed by atoms with van der Waals surface area (Å²) >= 11 is 0. The van der Waals surface area contributed by atoms with E-state index in [0.717, 1.165) is 31.9 Å². The lowest BCUT2D eigenvalue weighted by Crippen LogP contribution is -2.43. The Morgan fingerprint density at radius 3 is 2.64 bits per heavy atom. The normalized spacial score (nSPS) is 28.5. The van der Waals surface area contributed by atoms with Gasteiger partial charge in [-0.2, -0.15) is 13.2 Å². The molecule has 0 bridgehead atoms. The summed E-state index contributed by atoms with van der Waals surface area (Å²) < 4.78 is 39.3. The number of carbonyl (C=O) groups is 1. The van der Waals surface area contributed by atoms with Crippen LogP contribution in [0, 0.1) is 5.92 Å². The van der Waals surface area contributed by atoms with Crippen molar-refractivity contribution in [1.82, 2.24) is 4.90 Å². The van der Waals surface area contributed by atoms with Gasteiger partial charge in [-0.1, -0.05) is 18.2 Å². The van der Waals surface area contributed by atoms with E-state index >= 15 is 0 Å². The lowest BCUT2D eigenvalue weighted by Gasteiger charge is -2.33. The molecule has 5 heteroatoms. The fraction of sp³-hybridized carbons (Fsp3) is 0.588. The zero-order chi connectivity index (χ0) is 15.9. The zero-order valence-corrected chi connectivity index (χ0v) is 12.6. The molecule has 1 saturated heterocycles. The van der Waals surface area contributed by atoms with Crippen LogP contribution >= 0.6 is 0 Å². The lowest BCUT2D eigenvalue weighted by atomic mass is 10.00. The largest absolute Gasteiger partial charge is 0.416 e. The Hall–Kier alpha value is -1.52. The van der Waals surface area contributed by atoms with Gasteiger partial charge < -0.3 is 4.90 Å². The van der Waals surface area contributed by atoms with Gasteiger partial charge in [0.2, 0.25) is 5.91 Å². The van der Waals surface area contributed by atoms with Gasteiger partial charge in [0.25, 0.3) is 0 Å². The molecule has 2 fully saturated rings. The minimum atomic E-state index is -4.36. The molecule has 0 radical (unpaired) electrons. The zero-order valence-electron chi connectivity index (χ0n) is 12.6. The van der Waals surface area contributed by atoms with Crippen molar-refractivity contribution in [2.24, 2.45) is 5.92 Å². The van der Waals surface area contributed by atoms with Crippen molar-refractivity contribution in [3.8, 4) is 0 Å². The van der Waals surface area contributed by atoms with E-state index < -0.39 is 11.7 Å². The minimum absolute atomic E-state index is 0.0363. The van der Waals surface area contributed by atoms with E-state index in [1.807, 2.05) is 11.8 Å². The van der Waals surface area contributed by atoms with Crippen molar-refractivity contribution in [3.63, 3.8) is 0 Å². The molecule has 1 saturated carbocycles. The van der Waals surface area contributed by atoms with Gasteiger partial charge in [0.05, 0.1) is 5.56 Å². The summed E-state index contributed by atoms with van der Waals surface area (Å²) in [6.45, 7) is 2.77. The number of benzene rings is 1. The summed E-state index contributed by atoms with van der Waals surface area (Å²) in [5, 5.41) is 0. The number of hydrogen-bond acceptors (Lipinski definition) is 1. The number of piperidine rings is 1. The first-order valence-corrected chi connectivity index (χ1v) is 7.86. The number of nitrogens with zero attached hydrogens (tertiary/aromatic N) is 1. The molecule has 3 unspecified atom stereocenters. The number of alkyl halides is 3. The molecule has 2 nitrogen and oxygen atoms in total. The fourth-order valence-electron chi connectivity index (χ4n) is 3.53. The second kappa shape index (κ2) is 5.60. The first-order valence-electron chi connectivity index (χ1n) is 7.86.